The van der Waals surface area contributed by atoms with Crippen LogP contribution in [0.5, 0.6) is 0 Å². The Hall–Kier alpha value is 1.24. The van der Waals surface area contributed by atoms with E-state index >= 15 is 0 Å². The first-order valence-electron chi connectivity index (χ1n) is 18.7. The van der Waals surface area contributed by atoms with Crippen LogP contribution < -0.4 is 0 Å². The average molecular weight is 918 g/mol. The molecule has 0 saturated carbocycles. The van der Waals surface area contributed by atoms with Gasteiger partial charge in [-0.05, 0) is 45.3 Å². The molecule has 0 N–H and O–H groups in total. The first-order valence-corrected chi connectivity index (χ1v) is 25.5. The van der Waals surface area contributed by atoms with Crippen LogP contribution in [0.15, 0.2) is 35.2 Å². The molecule has 6 heteroatoms. The van der Waals surface area contributed by atoms with Crippen LogP contribution in [0.25, 0.3) is 4.41 Å². The van der Waals surface area contributed by atoms with E-state index < -0.39 is 26.4 Å². The molecule has 0 aliphatic heterocycles. The molecule has 13 radical (unpaired) electrons. The van der Waals surface area contributed by atoms with Gasteiger partial charge in [-0.2, -0.15) is 0 Å². The van der Waals surface area contributed by atoms with Gasteiger partial charge in [0.1, 0.15) is 0 Å². The quantitative estimate of drug-likeness (QED) is 0.246. The first kappa shape index (κ1) is 58.0. The van der Waals surface area contributed by atoms with Crippen LogP contribution in [0.1, 0.15) is 193 Å². The van der Waals surface area contributed by atoms with Crippen LogP contribution in [0.2, 0.25) is 45.3 Å². The summed E-state index contributed by atoms with van der Waals surface area (Å²) in [6.45, 7) is 64.8. The van der Waals surface area contributed by atoms with E-state index in [1.165, 1.54) is 9.97 Å². The summed E-state index contributed by atoms with van der Waals surface area (Å²) in [5.74, 6) is 0. The van der Waals surface area contributed by atoms with Crippen molar-refractivity contribution in [2.24, 2.45) is 0 Å². The van der Waals surface area contributed by atoms with E-state index in [1.54, 1.807) is 0 Å². The predicted molar refractivity (Wildman–Crippen MR) is 246 cm³/mol. The summed E-state index contributed by atoms with van der Waals surface area (Å²) in [6.07, 6.45) is 0. The molecule has 287 valence electrons. The van der Waals surface area contributed by atoms with E-state index in [-0.39, 0.29) is 17.6 Å². The van der Waals surface area contributed by atoms with Crippen LogP contribution in [-0.4, -0.2) is 77.0 Å². The number of hydrogen-bond acceptors (Lipinski definition) is 0. The summed E-state index contributed by atoms with van der Waals surface area (Å²) in [5, 5.41) is 4.39. The van der Waals surface area contributed by atoms with Gasteiger partial charge in [0.05, 0.1) is 26.4 Å². The van der Waals surface area contributed by atoms with Crippen molar-refractivity contribution >= 4 is 81.4 Å². The van der Waals surface area contributed by atoms with E-state index in [2.05, 4.69) is 249 Å². The molecule has 0 atom stereocenters. The molecule has 1 aromatic rings. The summed E-state index contributed by atoms with van der Waals surface area (Å²) in [6, 6.07) is 10.4. The molecule has 0 nitrogen and oxygen atoms in total. The number of benzene rings is 1. The van der Waals surface area contributed by atoms with Gasteiger partial charge in [-0.25, -0.2) is 0 Å². The van der Waals surface area contributed by atoms with E-state index in [0.717, 1.165) is 0 Å². The van der Waals surface area contributed by atoms with Crippen LogP contribution in [0, 0.1) is 0 Å². The second-order valence-electron chi connectivity index (χ2n) is 23.3. The van der Waals surface area contributed by atoms with Gasteiger partial charge >= 0.3 is 78.2 Å². The van der Waals surface area contributed by atoms with Crippen LogP contribution in [0.4, 0.5) is 0 Å². The fourth-order valence-corrected chi connectivity index (χ4v) is 31.8. The molecule has 0 fully saturated rings. The first-order chi connectivity index (χ1) is 20.9. The van der Waals surface area contributed by atoms with Crippen molar-refractivity contribution in [2.45, 2.75) is 232 Å². The molecule has 0 spiro atoms. The van der Waals surface area contributed by atoms with E-state index in [9.17, 15) is 0 Å². The van der Waals surface area contributed by atoms with Gasteiger partial charge in [-0.15, -0.1) is 0 Å². The molecule has 1 rings (SSSR count). The monoisotopic (exact) mass is 921 g/mol. The average Bonchev–Trinajstić information content (AvgIpc) is 2.70. The van der Waals surface area contributed by atoms with Crippen molar-refractivity contribution in [3.63, 3.8) is 0 Å². The third kappa shape index (κ3) is 23.9. The van der Waals surface area contributed by atoms with Gasteiger partial charge in [0.25, 0.3) is 0 Å². The molecule has 0 aliphatic rings. The normalized spacial score (nSPS) is 14.2. The maximum atomic E-state index is 2.40. The fourth-order valence-electron chi connectivity index (χ4n) is 10.8. The second kappa shape index (κ2) is 21.0. The Morgan fingerprint density at radius 1 is 0.380 bits per heavy atom. The van der Waals surface area contributed by atoms with Gasteiger partial charge in [-0.3, -0.25) is 0 Å². The number of hydrogen-bond donors (Lipinski definition) is 0. The summed E-state index contributed by atoms with van der Waals surface area (Å²) < 4.78 is 1.33. The zero-order chi connectivity index (χ0) is 40.6. The van der Waals surface area contributed by atoms with Crippen molar-refractivity contribution in [1.82, 2.24) is 0 Å². The molecule has 0 heterocycles. The minimum atomic E-state index is -0.391. The molecule has 0 aliphatic carbocycles. The van der Waals surface area contributed by atoms with Gasteiger partial charge < -0.3 is 0 Å². The van der Waals surface area contributed by atoms with Gasteiger partial charge in [0.15, 0.2) is 0 Å². The van der Waals surface area contributed by atoms with Gasteiger partial charge in [-0.1, -0.05) is 187 Å². The molecule has 0 aromatic heterocycles. The van der Waals surface area contributed by atoms with E-state index in [1.807, 2.05) is 6.07 Å². The Morgan fingerprint density at radius 2 is 0.540 bits per heavy atom. The molecule has 0 bridgehead atoms. The third-order valence-electron chi connectivity index (χ3n) is 7.98. The standard InChI is InChI=1S/3C12H27Si.C8H6Ge2.Ge/c3*1-10(2,3)13(11(4,5)6)12(7,8)9;9-6-8(10)7-4-2-1-3-5-7;/h3*1-9H3;1-6H;/b;;;8-6-;. The Bertz CT molecular complexity index is 877. The summed E-state index contributed by atoms with van der Waals surface area (Å²) in [7, 11) is -1.17. The van der Waals surface area contributed by atoms with Crippen molar-refractivity contribution in [1.29, 1.82) is 0 Å². The number of rotatable bonds is 1. The van der Waals surface area contributed by atoms with Gasteiger partial charge in [0.2, 0.25) is 0 Å². The van der Waals surface area contributed by atoms with Crippen molar-refractivity contribution in [3.8, 4) is 0 Å². The molecule has 1 aromatic carbocycles. The summed E-state index contributed by atoms with van der Waals surface area (Å²) >= 11 is 4.18. The third-order valence-corrected chi connectivity index (χ3v) is 24.3. The molecule has 0 unspecified atom stereocenters. The zero-order valence-electron chi connectivity index (χ0n) is 39.0. The molecular formula is C44H87Ge3Si3. The Labute approximate surface area is 351 Å². The van der Waals surface area contributed by atoms with Crippen molar-refractivity contribution < 1.29 is 0 Å². The minimum absolute atomic E-state index is 0. The Kier molecular flexibility index (Phi) is 24.3. The van der Waals surface area contributed by atoms with Gasteiger partial charge in [0, 0.05) is 17.6 Å². The second-order valence-corrected chi connectivity index (χ2v) is 40.8. The Balaban J connectivity index is -0.000000281. The van der Waals surface area contributed by atoms with Crippen LogP contribution in [0.3, 0.4) is 0 Å². The van der Waals surface area contributed by atoms with E-state index in [0.29, 0.717) is 45.3 Å². The Morgan fingerprint density at radius 3 is 0.640 bits per heavy atom. The van der Waals surface area contributed by atoms with Crippen LogP contribution in [-0.2, 0) is 0 Å². The predicted octanol–water partition coefficient (Wildman–Crippen LogP) is 15.6. The zero-order valence-corrected chi connectivity index (χ0v) is 48.3. The van der Waals surface area contributed by atoms with E-state index in [4.69, 9.17) is 0 Å². The molecule has 0 amide bonds. The molecular weight excluding hydrogens is 831 g/mol. The molecule has 0 saturated heterocycles. The fraction of sp³-hybridized carbons (Fsp3) is 0.818. The SMILES string of the molecule is CC(C)(C)[Si](C(C)(C)C)C(C)(C)C.CC(C)(C)[Si](C(C)(C)C)C(C)(C)C.CC(C)(C)[Si](C(C)(C)C)C(C)(C)C.[Ge].[Ge]/[CH]=[C](\[Ge])c1ccccc1. The summed E-state index contributed by atoms with van der Waals surface area (Å²) in [5.41, 5.74) is 1.31. The van der Waals surface area contributed by atoms with Crippen molar-refractivity contribution in [2.75, 3.05) is 0 Å². The van der Waals surface area contributed by atoms with Crippen molar-refractivity contribution in [3.05, 3.63) is 40.8 Å². The van der Waals surface area contributed by atoms with Crippen LogP contribution >= 0.6 is 0 Å². The molecule has 50 heavy (non-hydrogen) atoms. The topological polar surface area (TPSA) is 0 Å². The maximum absolute atomic E-state index is 2.40. The summed E-state index contributed by atoms with van der Waals surface area (Å²) in [4.78, 5) is 2.12.